The van der Waals surface area contributed by atoms with Crippen LogP contribution in [0.25, 0.3) is 22.2 Å². The number of hydrogen-bond acceptors (Lipinski definition) is 3. The molecule has 0 saturated carbocycles. The lowest BCUT2D eigenvalue weighted by Gasteiger charge is -1.98. The number of aromatic nitrogens is 1. The number of carbonyl (C=O) groups is 1. The van der Waals surface area contributed by atoms with Crippen molar-refractivity contribution in [2.45, 2.75) is 6.42 Å². The Bertz CT molecular complexity index is 731. The summed E-state index contributed by atoms with van der Waals surface area (Å²) in [5, 5.41) is 13.8. The fraction of sp³-hybridized carbons (Fsp3) is 0.0667. The molecule has 0 aliphatic rings. The van der Waals surface area contributed by atoms with Crippen LogP contribution in [-0.4, -0.2) is 16.2 Å². The van der Waals surface area contributed by atoms with E-state index >= 15 is 0 Å². The fourth-order valence-electron chi connectivity index (χ4n) is 2.13. The second-order valence-corrected chi connectivity index (χ2v) is 4.26. The molecule has 1 N–H and O–H groups in total. The van der Waals surface area contributed by atoms with Crippen LogP contribution in [0.4, 0.5) is 0 Å². The van der Waals surface area contributed by atoms with Crippen molar-refractivity contribution in [1.82, 2.24) is 5.16 Å². The predicted octanol–water partition coefficient (Wildman–Crippen LogP) is 3.12. The maximum atomic E-state index is 10.8. The third kappa shape index (κ3) is 2.08. The SMILES string of the molecule is O=C(O)Cc1cccc2c(-c3ccccc3)noc12. The van der Waals surface area contributed by atoms with E-state index in [1.165, 1.54) is 0 Å². The Morgan fingerprint density at radius 2 is 1.89 bits per heavy atom. The predicted molar refractivity (Wildman–Crippen MR) is 70.8 cm³/mol. The highest BCUT2D eigenvalue weighted by molar-refractivity contribution is 5.94. The van der Waals surface area contributed by atoms with Crippen molar-refractivity contribution < 1.29 is 14.4 Å². The highest BCUT2D eigenvalue weighted by Gasteiger charge is 2.14. The molecule has 0 fully saturated rings. The number of benzene rings is 2. The van der Waals surface area contributed by atoms with Crippen LogP contribution in [0.2, 0.25) is 0 Å². The first kappa shape index (κ1) is 11.5. The molecule has 2 aromatic carbocycles. The van der Waals surface area contributed by atoms with Gasteiger partial charge in [0.2, 0.25) is 0 Å². The topological polar surface area (TPSA) is 63.3 Å². The third-order valence-electron chi connectivity index (χ3n) is 2.97. The second kappa shape index (κ2) is 4.57. The minimum Gasteiger partial charge on any atom is -0.481 e. The van der Waals surface area contributed by atoms with Crippen LogP contribution in [0.15, 0.2) is 53.1 Å². The Balaban J connectivity index is 2.17. The van der Waals surface area contributed by atoms with Crippen molar-refractivity contribution in [3.05, 3.63) is 54.1 Å². The molecule has 0 amide bonds. The third-order valence-corrected chi connectivity index (χ3v) is 2.97. The number of rotatable bonds is 3. The molecule has 0 aliphatic heterocycles. The van der Waals surface area contributed by atoms with Gasteiger partial charge in [0.05, 0.1) is 11.8 Å². The molecular weight excluding hydrogens is 242 g/mol. The molecular formula is C15H11NO3. The standard InChI is InChI=1S/C15H11NO3/c17-13(18)9-11-7-4-8-12-14(16-19-15(11)12)10-5-2-1-3-6-10/h1-8H,9H2,(H,17,18). The average molecular weight is 253 g/mol. The summed E-state index contributed by atoms with van der Waals surface area (Å²) < 4.78 is 5.32. The van der Waals surface area contributed by atoms with E-state index in [0.29, 0.717) is 11.1 Å². The lowest BCUT2D eigenvalue weighted by Crippen LogP contribution is -1.99. The maximum absolute atomic E-state index is 10.8. The molecule has 0 bridgehead atoms. The molecule has 0 aliphatic carbocycles. The van der Waals surface area contributed by atoms with Crippen LogP contribution in [-0.2, 0) is 11.2 Å². The monoisotopic (exact) mass is 253 g/mol. The summed E-state index contributed by atoms with van der Waals surface area (Å²) in [7, 11) is 0. The van der Waals surface area contributed by atoms with E-state index in [-0.39, 0.29) is 6.42 Å². The molecule has 4 nitrogen and oxygen atoms in total. The zero-order chi connectivity index (χ0) is 13.2. The van der Waals surface area contributed by atoms with Crippen LogP contribution >= 0.6 is 0 Å². The van der Waals surface area contributed by atoms with Gasteiger partial charge in [-0.15, -0.1) is 0 Å². The Kier molecular flexibility index (Phi) is 2.76. The van der Waals surface area contributed by atoms with E-state index in [9.17, 15) is 4.79 Å². The number of carboxylic acid groups (broad SMARTS) is 1. The molecule has 1 heterocycles. The van der Waals surface area contributed by atoms with Gasteiger partial charge >= 0.3 is 5.97 Å². The highest BCUT2D eigenvalue weighted by Crippen LogP contribution is 2.29. The van der Waals surface area contributed by atoms with E-state index in [4.69, 9.17) is 9.63 Å². The lowest BCUT2D eigenvalue weighted by atomic mass is 10.0. The number of aliphatic carboxylic acids is 1. The molecule has 94 valence electrons. The summed E-state index contributed by atoms with van der Waals surface area (Å²) in [6, 6.07) is 15.1. The summed E-state index contributed by atoms with van der Waals surface area (Å²) >= 11 is 0. The molecule has 0 atom stereocenters. The maximum Gasteiger partial charge on any atom is 0.307 e. The van der Waals surface area contributed by atoms with Crippen molar-refractivity contribution in [3.63, 3.8) is 0 Å². The van der Waals surface area contributed by atoms with Crippen LogP contribution in [0.1, 0.15) is 5.56 Å². The molecule has 3 aromatic rings. The Labute approximate surface area is 109 Å². The largest absolute Gasteiger partial charge is 0.481 e. The van der Waals surface area contributed by atoms with E-state index in [0.717, 1.165) is 16.6 Å². The van der Waals surface area contributed by atoms with Gasteiger partial charge in [-0.25, -0.2) is 0 Å². The summed E-state index contributed by atoms with van der Waals surface area (Å²) in [5.74, 6) is -0.884. The minimum absolute atomic E-state index is 0.0687. The molecule has 4 heteroatoms. The smallest absolute Gasteiger partial charge is 0.307 e. The minimum atomic E-state index is -0.884. The Morgan fingerprint density at radius 1 is 1.11 bits per heavy atom. The zero-order valence-electron chi connectivity index (χ0n) is 10.0. The Hall–Kier alpha value is -2.62. The first-order chi connectivity index (χ1) is 9.25. The van der Waals surface area contributed by atoms with Gasteiger partial charge in [-0.1, -0.05) is 47.6 Å². The lowest BCUT2D eigenvalue weighted by molar-refractivity contribution is -0.136. The van der Waals surface area contributed by atoms with Crippen LogP contribution < -0.4 is 0 Å². The van der Waals surface area contributed by atoms with E-state index in [2.05, 4.69) is 5.16 Å². The van der Waals surface area contributed by atoms with Crippen molar-refractivity contribution in [2.24, 2.45) is 0 Å². The van der Waals surface area contributed by atoms with E-state index in [1.54, 1.807) is 6.07 Å². The number of hydrogen-bond donors (Lipinski definition) is 1. The number of nitrogens with zero attached hydrogens (tertiary/aromatic N) is 1. The van der Waals surface area contributed by atoms with Crippen molar-refractivity contribution in [2.75, 3.05) is 0 Å². The first-order valence-electron chi connectivity index (χ1n) is 5.90. The highest BCUT2D eigenvalue weighted by atomic mass is 16.5. The molecule has 0 radical (unpaired) electrons. The van der Waals surface area contributed by atoms with Crippen LogP contribution in [0.3, 0.4) is 0 Å². The van der Waals surface area contributed by atoms with Gasteiger partial charge in [0.25, 0.3) is 0 Å². The number of para-hydroxylation sites is 1. The molecule has 0 saturated heterocycles. The summed E-state index contributed by atoms with van der Waals surface area (Å²) in [4.78, 5) is 10.8. The second-order valence-electron chi connectivity index (χ2n) is 4.26. The van der Waals surface area contributed by atoms with Crippen molar-refractivity contribution >= 4 is 16.9 Å². The summed E-state index contributed by atoms with van der Waals surface area (Å²) in [6.07, 6.45) is -0.0687. The zero-order valence-corrected chi connectivity index (χ0v) is 10.0. The quantitative estimate of drug-likeness (QED) is 0.778. The fourth-order valence-corrected chi connectivity index (χ4v) is 2.13. The van der Waals surface area contributed by atoms with Gasteiger partial charge < -0.3 is 9.63 Å². The molecule has 3 rings (SSSR count). The summed E-state index contributed by atoms with van der Waals surface area (Å²) in [6.45, 7) is 0. The first-order valence-corrected chi connectivity index (χ1v) is 5.90. The van der Waals surface area contributed by atoms with Crippen molar-refractivity contribution in [3.8, 4) is 11.3 Å². The van der Waals surface area contributed by atoms with E-state index in [1.807, 2.05) is 42.5 Å². The van der Waals surface area contributed by atoms with Gasteiger partial charge in [0.1, 0.15) is 5.69 Å². The molecule has 1 aromatic heterocycles. The van der Waals surface area contributed by atoms with Gasteiger partial charge in [-0.05, 0) is 6.07 Å². The molecule has 19 heavy (non-hydrogen) atoms. The number of fused-ring (bicyclic) bond motifs is 1. The van der Waals surface area contributed by atoms with Crippen LogP contribution in [0.5, 0.6) is 0 Å². The molecule has 0 unspecified atom stereocenters. The molecule has 0 spiro atoms. The normalized spacial score (nSPS) is 10.7. The van der Waals surface area contributed by atoms with Gasteiger partial charge in [-0.2, -0.15) is 0 Å². The van der Waals surface area contributed by atoms with Gasteiger partial charge in [0, 0.05) is 11.1 Å². The average Bonchev–Trinajstić information content (AvgIpc) is 2.84. The van der Waals surface area contributed by atoms with Crippen molar-refractivity contribution in [1.29, 1.82) is 0 Å². The summed E-state index contributed by atoms with van der Waals surface area (Å²) in [5.41, 5.74) is 2.87. The Morgan fingerprint density at radius 3 is 2.63 bits per heavy atom. The van der Waals surface area contributed by atoms with E-state index < -0.39 is 5.97 Å². The van der Waals surface area contributed by atoms with Crippen LogP contribution in [0, 0.1) is 0 Å². The van der Waals surface area contributed by atoms with Gasteiger partial charge in [-0.3, -0.25) is 4.79 Å². The van der Waals surface area contributed by atoms with Gasteiger partial charge in [0.15, 0.2) is 5.58 Å². The number of carboxylic acids is 1.